The molecule has 3 aromatic heterocycles. The number of ether oxygens (including phenoxy) is 1. The summed E-state index contributed by atoms with van der Waals surface area (Å²) in [6.45, 7) is 7.55. The monoisotopic (exact) mass is 605 g/mol. The normalized spacial score (nSPS) is 20.6. The van der Waals surface area contributed by atoms with Crippen LogP contribution >= 0.6 is 0 Å². The van der Waals surface area contributed by atoms with E-state index in [9.17, 15) is 0 Å². The first-order valence-corrected chi connectivity index (χ1v) is 16.7. The van der Waals surface area contributed by atoms with Gasteiger partial charge in [-0.15, -0.1) is 0 Å². The molecular weight excluding hydrogens is 566 g/mol. The van der Waals surface area contributed by atoms with Gasteiger partial charge in [-0.05, 0) is 96.7 Å². The molecule has 2 fully saturated rings. The molecule has 4 heterocycles. The van der Waals surface area contributed by atoms with Crippen molar-refractivity contribution >= 4 is 39.0 Å². The Hall–Kier alpha value is -4.84. The molecule has 3 aliphatic rings. The topological polar surface area (TPSA) is 46.4 Å². The van der Waals surface area contributed by atoms with Gasteiger partial charge in [0.2, 0.25) is 0 Å². The Morgan fingerprint density at radius 3 is 2.46 bits per heavy atom. The van der Waals surface area contributed by atoms with Crippen LogP contribution in [0.5, 0.6) is 11.5 Å². The van der Waals surface area contributed by atoms with Gasteiger partial charge in [-0.25, -0.2) is 9.97 Å². The van der Waals surface area contributed by atoms with E-state index in [2.05, 4.69) is 120 Å². The molecule has 6 nitrogen and oxygen atoms in total. The van der Waals surface area contributed by atoms with Crippen LogP contribution in [-0.4, -0.2) is 27.2 Å². The van der Waals surface area contributed by atoms with Crippen molar-refractivity contribution in [2.45, 2.75) is 57.9 Å². The zero-order valence-electron chi connectivity index (χ0n) is 26.7. The molecule has 2 aliphatic carbocycles. The zero-order chi connectivity index (χ0) is 31.0. The molecule has 6 heteroatoms. The number of para-hydroxylation sites is 1. The smallest absolute Gasteiger partial charge is 0.158 e. The molecule has 3 atom stereocenters. The van der Waals surface area contributed by atoms with Crippen LogP contribution in [0, 0.1) is 11.8 Å². The molecule has 1 aliphatic heterocycles. The third-order valence-electron chi connectivity index (χ3n) is 10.6. The molecule has 230 valence electrons. The molecule has 46 heavy (non-hydrogen) atoms. The van der Waals surface area contributed by atoms with Crippen LogP contribution in [0.3, 0.4) is 0 Å². The highest BCUT2D eigenvalue weighted by atomic mass is 16.5. The minimum atomic E-state index is 0.0227. The Morgan fingerprint density at radius 2 is 1.61 bits per heavy atom. The Kier molecular flexibility index (Phi) is 6.18. The third-order valence-corrected chi connectivity index (χ3v) is 10.6. The molecule has 0 amide bonds. The highest BCUT2D eigenvalue weighted by Crippen LogP contribution is 2.51. The average molecular weight is 606 g/mol. The minimum absolute atomic E-state index is 0.0227. The Labute approximate surface area is 270 Å². The molecule has 3 aromatic carbocycles. The summed E-state index contributed by atoms with van der Waals surface area (Å²) in [7, 11) is 0. The average Bonchev–Trinajstić information content (AvgIpc) is 3.86. The van der Waals surface area contributed by atoms with Crippen molar-refractivity contribution < 1.29 is 4.74 Å². The SMILES string of the molecule is CC(C)(C)c1ccnc(-n2c3ccccc3c3ccc(Oc4cccc(N5CN(C6CC7CCC6C7)c6cccnc65)c4)cc32)c1. The maximum Gasteiger partial charge on any atom is 0.158 e. The summed E-state index contributed by atoms with van der Waals surface area (Å²) in [5, 5.41) is 2.38. The lowest BCUT2D eigenvalue weighted by Gasteiger charge is -2.33. The van der Waals surface area contributed by atoms with E-state index in [0.29, 0.717) is 6.04 Å². The van der Waals surface area contributed by atoms with E-state index >= 15 is 0 Å². The van der Waals surface area contributed by atoms with Crippen molar-refractivity contribution in [1.82, 2.24) is 14.5 Å². The number of nitrogens with zero attached hydrogens (tertiary/aromatic N) is 5. The number of hydrogen-bond acceptors (Lipinski definition) is 5. The number of fused-ring (bicyclic) bond motifs is 6. The van der Waals surface area contributed by atoms with Crippen LogP contribution in [0.2, 0.25) is 0 Å². The number of hydrogen-bond donors (Lipinski definition) is 0. The summed E-state index contributed by atoms with van der Waals surface area (Å²) in [6, 6.07) is 32.7. The molecule has 0 N–H and O–H groups in total. The van der Waals surface area contributed by atoms with Gasteiger partial charge in [-0.1, -0.05) is 51.5 Å². The van der Waals surface area contributed by atoms with E-state index in [0.717, 1.165) is 58.4 Å². The second-order valence-corrected chi connectivity index (χ2v) is 14.4. The number of pyridine rings is 2. The predicted molar refractivity (Wildman–Crippen MR) is 187 cm³/mol. The van der Waals surface area contributed by atoms with E-state index in [1.807, 2.05) is 18.5 Å². The van der Waals surface area contributed by atoms with Crippen LogP contribution in [-0.2, 0) is 5.41 Å². The summed E-state index contributed by atoms with van der Waals surface area (Å²) < 4.78 is 8.88. The summed E-state index contributed by atoms with van der Waals surface area (Å²) in [5.74, 6) is 5.27. The first kappa shape index (κ1) is 27.5. The minimum Gasteiger partial charge on any atom is -0.457 e. The number of rotatable bonds is 5. The van der Waals surface area contributed by atoms with Crippen molar-refractivity contribution in [2.24, 2.45) is 11.8 Å². The van der Waals surface area contributed by atoms with Crippen LogP contribution in [0.15, 0.2) is 103 Å². The summed E-state index contributed by atoms with van der Waals surface area (Å²) >= 11 is 0. The van der Waals surface area contributed by atoms with Crippen molar-refractivity contribution in [1.29, 1.82) is 0 Å². The number of benzene rings is 3. The van der Waals surface area contributed by atoms with Crippen molar-refractivity contribution in [3.8, 4) is 17.3 Å². The van der Waals surface area contributed by atoms with E-state index in [-0.39, 0.29) is 5.41 Å². The molecule has 2 saturated carbocycles. The van der Waals surface area contributed by atoms with Gasteiger partial charge < -0.3 is 14.5 Å². The summed E-state index contributed by atoms with van der Waals surface area (Å²) in [6.07, 6.45) is 9.31. The van der Waals surface area contributed by atoms with Gasteiger partial charge in [0, 0.05) is 47.0 Å². The van der Waals surface area contributed by atoms with E-state index in [1.54, 1.807) is 0 Å². The Bertz CT molecular complexity index is 2110. The summed E-state index contributed by atoms with van der Waals surface area (Å²) in [5.41, 5.74) is 5.84. The highest BCUT2D eigenvalue weighted by molar-refractivity contribution is 6.09. The van der Waals surface area contributed by atoms with E-state index in [1.165, 1.54) is 47.7 Å². The van der Waals surface area contributed by atoms with Crippen LogP contribution in [0.25, 0.3) is 27.6 Å². The standard InChI is InChI=1S/C40H39N5O/c1-40(2,3)28-17-19-41-38(22-28)45-34-11-5-4-10-32(34)33-16-15-31(24-37(33)45)46-30-9-6-8-29(23-30)43-25-44(35-12-7-18-42-39(35)43)36-21-26-13-14-27(36)20-26/h4-12,15-19,22-24,26-27,36H,13-14,20-21,25H2,1-3H3. The van der Waals surface area contributed by atoms with E-state index < -0.39 is 0 Å². The molecule has 9 rings (SSSR count). The van der Waals surface area contributed by atoms with Gasteiger partial charge in [0.15, 0.2) is 5.82 Å². The fraction of sp³-hybridized carbons (Fsp3) is 0.300. The molecule has 0 spiro atoms. The fourth-order valence-electron chi connectivity index (χ4n) is 8.32. The highest BCUT2D eigenvalue weighted by Gasteiger charge is 2.45. The number of aromatic nitrogens is 3. The Balaban J connectivity index is 1.07. The van der Waals surface area contributed by atoms with Gasteiger partial charge >= 0.3 is 0 Å². The van der Waals surface area contributed by atoms with Crippen LogP contribution in [0.1, 0.15) is 52.0 Å². The first-order chi connectivity index (χ1) is 22.4. The second-order valence-electron chi connectivity index (χ2n) is 14.4. The van der Waals surface area contributed by atoms with Gasteiger partial charge in [-0.3, -0.25) is 4.57 Å². The third kappa shape index (κ3) is 4.45. The second kappa shape index (κ2) is 10.3. The first-order valence-electron chi connectivity index (χ1n) is 16.7. The van der Waals surface area contributed by atoms with Gasteiger partial charge in [0.25, 0.3) is 0 Å². The molecule has 3 unspecified atom stereocenters. The lowest BCUT2D eigenvalue weighted by atomic mass is 9.88. The van der Waals surface area contributed by atoms with Crippen LogP contribution < -0.4 is 14.5 Å². The van der Waals surface area contributed by atoms with Crippen molar-refractivity contribution in [3.05, 3.63) is 109 Å². The lowest BCUT2D eigenvalue weighted by Crippen LogP contribution is -2.40. The molecular formula is C40H39N5O. The van der Waals surface area contributed by atoms with Gasteiger partial charge in [0.05, 0.1) is 23.4 Å². The molecule has 0 radical (unpaired) electrons. The van der Waals surface area contributed by atoms with Crippen molar-refractivity contribution in [2.75, 3.05) is 16.5 Å². The van der Waals surface area contributed by atoms with Gasteiger partial charge in [0.1, 0.15) is 17.3 Å². The molecule has 6 aromatic rings. The summed E-state index contributed by atoms with van der Waals surface area (Å²) in [4.78, 5) is 14.7. The van der Waals surface area contributed by atoms with Gasteiger partial charge in [-0.2, -0.15) is 0 Å². The largest absolute Gasteiger partial charge is 0.457 e. The number of anilines is 3. The lowest BCUT2D eigenvalue weighted by molar-refractivity contribution is 0.398. The molecule has 2 bridgehead atoms. The fourth-order valence-corrected chi connectivity index (χ4v) is 8.32. The predicted octanol–water partition coefficient (Wildman–Crippen LogP) is 9.77. The van der Waals surface area contributed by atoms with Crippen LogP contribution in [0.4, 0.5) is 17.2 Å². The zero-order valence-corrected chi connectivity index (χ0v) is 26.7. The van der Waals surface area contributed by atoms with Crippen molar-refractivity contribution in [3.63, 3.8) is 0 Å². The maximum atomic E-state index is 6.61. The molecule has 0 saturated heterocycles. The Morgan fingerprint density at radius 1 is 0.739 bits per heavy atom. The van der Waals surface area contributed by atoms with E-state index in [4.69, 9.17) is 14.7 Å². The maximum absolute atomic E-state index is 6.61. The quantitative estimate of drug-likeness (QED) is 0.196.